The van der Waals surface area contributed by atoms with Crippen molar-refractivity contribution in [1.82, 2.24) is 4.90 Å². The van der Waals surface area contributed by atoms with Crippen molar-refractivity contribution in [2.75, 3.05) is 0 Å². The summed E-state index contributed by atoms with van der Waals surface area (Å²) in [5, 5.41) is 0. The van der Waals surface area contributed by atoms with E-state index in [9.17, 15) is 4.79 Å². The van der Waals surface area contributed by atoms with Crippen LogP contribution in [0.1, 0.15) is 39.0 Å². The minimum absolute atomic E-state index is 0.242. The second-order valence-electron chi connectivity index (χ2n) is 3.32. The van der Waals surface area contributed by atoms with E-state index in [2.05, 4.69) is 13.5 Å². The Balaban J connectivity index is 2.43. The van der Waals surface area contributed by atoms with Gasteiger partial charge in [-0.1, -0.05) is 26.3 Å². The summed E-state index contributed by atoms with van der Waals surface area (Å²) in [5.41, 5.74) is 0. The largest absolute Gasteiger partial charge is 0.317 e. The van der Waals surface area contributed by atoms with Crippen molar-refractivity contribution in [2.24, 2.45) is 0 Å². The summed E-state index contributed by atoms with van der Waals surface area (Å²) >= 11 is 0. The average molecular weight is 167 g/mol. The summed E-state index contributed by atoms with van der Waals surface area (Å²) in [6, 6.07) is 0.440. The lowest BCUT2D eigenvalue weighted by Gasteiger charge is -2.19. The van der Waals surface area contributed by atoms with Crippen molar-refractivity contribution in [2.45, 2.75) is 45.1 Å². The Hall–Kier alpha value is -0.790. The Morgan fingerprint density at radius 2 is 2.50 bits per heavy atom. The van der Waals surface area contributed by atoms with Gasteiger partial charge in [-0.2, -0.15) is 0 Å². The summed E-state index contributed by atoms with van der Waals surface area (Å²) in [6.45, 7) is 5.83. The molecule has 1 rings (SSSR count). The number of amides is 1. The fourth-order valence-corrected chi connectivity index (χ4v) is 1.74. The van der Waals surface area contributed by atoms with Gasteiger partial charge in [-0.05, 0) is 19.0 Å². The molecule has 0 spiro atoms. The molecule has 1 aliphatic heterocycles. The van der Waals surface area contributed by atoms with E-state index in [4.69, 9.17) is 0 Å². The van der Waals surface area contributed by atoms with Gasteiger partial charge in [-0.15, -0.1) is 0 Å². The second-order valence-corrected chi connectivity index (χ2v) is 3.32. The van der Waals surface area contributed by atoms with Crippen LogP contribution in [-0.4, -0.2) is 16.8 Å². The minimum Gasteiger partial charge on any atom is -0.317 e. The van der Waals surface area contributed by atoms with Crippen molar-refractivity contribution >= 4 is 5.91 Å². The molecule has 0 N–H and O–H groups in total. The zero-order chi connectivity index (χ0) is 8.97. The lowest BCUT2D eigenvalue weighted by atomic mass is 10.1. The summed E-state index contributed by atoms with van der Waals surface area (Å²) in [4.78, 5) is 13.0. The topological polar surface area (TPSA) is 20.3 Å². The number of carbonyl (C=O) groups excluding carboxylic acids is 1. The number of carbonyl (C=O) groups is 1. The van der Waals surface area contributed by atoms with E-state index in [-0.39, 0.29) is 5.91 Å². The Bertz CT molecular complexity index is 177. The van der Waals surface area contributed by atoms with Gasteiger partial charge in [-0.3, -0.25) is 4.79 Å². The maximum Gasteiger partial charge on any atom is 0.226 e. The maximum atomic E-state index is 11.2. The van der Waals surface area contributed by atoms with E-state index >= 15 is 0 Å². The standard InChI is InChI=1S/C10H17NO/c1-3-5-6-9-7-8-10(12)11(9)4-2/h4,9H,2-3,5-8H2,1H3. The SMILES string of the molecule is C=CN1C(=O)CCC1CCCC. The molecule has 1 fully saturated rings. The molecule has 1 amide bonds. The number of likely N-dealkylation sites (tertiary alicyclic amines) is 1. The maximum absolute atomic E-state index is 11.2. The molecule has 1 saturated heterocycles. The summed E-state index contributed by atoms with van der Waals surface area (Å²) in [7, 11) is 0. The highest BCUT2D eigenvalue weighted by Gasteiger charge is 2.27. The van der Waals surface area contributed by atoms with E-state index in [1.54, 1.807) is 11.1 Å². The Morgan fingerprint density at radius 1 is 1.75 bits per heavy atom. The molecule has 0 aromatic rings. The molecule has 0 aliphatic carbocycles. The van der Waals surface area contributed by atoms with Crippen LogP contribution >= 0.6 is 0 Å². The van der Waals surface area contributed by atoms with Gasteiger partial charge in [0.05, 0.1) is 0 Å². The molecule has 1 aliphatic rings. The minimum atomic E-state index is 0.242. The first-order valence-corrected chi connectivity index (χ1v) is 4.73. The molecule has 12 heavy (non-hydrogen) atoms. The highest BCUT2D eigenvalue weighted by Crippen LogP contribution is 2.22. The molecule has 68 valence electrons. The monoisotopic (exact) mass is 167 g/mol. The van der Waals surface area contributed by atoms with E-state index in [0.717, 1.165) is 12.8 Å². The number of hydrogen-bond donors (Lipinski definition) is 0. The van der Waals surface area contributed by atoms with Gasteiger partial charge in [0.2, 0.25) is 5.91 Å². The first-order valence-electron chi connectivity index (χ1n) is 4.73. The van der Waals surface area contributed by atoms with E-state index in [0.29, 0.717) is 12.5 Å². The molecular weight excluding hydrogens is 150 g/mol. The lowest BCUT2D eigenvalue weighted by Crippen LogP contribution is -2.27. The van der Waals surface area contributed by atoms with Gasteiger partial charge in [0, 0.05) is 12.5 Å². The average Bonchev–Trinajstić information content (AvgIpc) is 2.43. The lowest BCUT2D eigenvalue weighted by molar-refractivity contribution is -0.126. The van der Waals surface area contributed by atoms with Crippen molar-refractivity contribution < 1.29 is 4.79 Å². The molecule has 1 heterocycles. The molecule has 1 atom stereocenters. The van der Waals surface area contributed by atoms with Crippen LogP contribution in [0.5, 0.6) is 0 Å². The number of nitrogens with zero attached hydrogens (tertiary/aromatic N) is 1. The quantitative estimate of drug-likeness (QED) is 0.629. The zero-order valence-electron chi connectivity index (χ0n) is 7.75. The Morgan fingerprint density at radius 3 is 3.08 bits per heavy atom. The molecular formula is C10H17NO. The van der Waals surface area contributed by atoms with Crippen molar-refractivity contribution in [3.63, 3.8) is 0 Å². The van der Waals surface area contributed by atoms with Crippen LogP contribution in [0.15, 0.2) is 12.8 Å². The fourth-order valence-electron chi connectivity index (χ4n) is 1.74. The Labute approximate surface area is 74.2 Å². The fraction of sp³-hybridized carbons (Fsp3) is 0.700. The van der Waals surface area contributed by atoms with E-state index < -0.39 is 0 Å². The third kappa shape index (κ3) is 1.87. The van der Waals surface area contributed by atoms with E-state index in [1.807, 2.05) is 0 Å². The molecule has 0 aromatic heterocycles. The van der Waals surface area contributed by atoms with Gasteiger partial charge >= 0.3 is 0 Å². The van der Waals surface area contributed by atoms with Crippen molar-refractivity contribution in [3.05, 3.63) is 12.8 Å². The normalized spacial score (nSPS) is 23.2. The first kappa shape index (κ1) is 9.30. The predicted octanol–water partition coefficient (Wildman–Crippen LogP) is 2.31. The van der Waals surface area contributed by atoms with Gasteiger partial charge in [0.15, 0.2) is 0 Å². The van der Waals surface area contributed by atoms with Crippen molar-refractivity contribution in [3.8, 4) is 0 Å². The van der Waals surface area contributed by atoms with Gasteiger partial charge in [0.25, 0.3) is 0 Å². The van der Waals surface area contributed by atoms with Crippen LogP contribution in [0.3, 0.4) is 0 Å². The molecule has 2 nitrogen and oxygen atoms in total. The summed E-state index contributed by atoms with van der Waals surface area (Å²) < 4.78 is 0. The van der Waals surface area contributed by atoms with Crippen LogP contribution in [0, 0.1) is 0 Å². The summed E-state index contributed by atoms with van der Waals surface area (Å²) in [5.74, 6) is 0.242. The highest BCUT2D eigenvalue weighted by atomic mass is 16.2. The molecule has 0 saturated carbocycles. The second kappa shape index (κ2) is 4.29. The predicted molar refractivity (Wildman–Crippen MR) is 49.6 cm³/mol. The third-order valence-electron chi connectivity index (χ3n) is 2.46. The molecule has 2 heteroatoms. The molecule has 0 radical (unpaired) electrons. The van der Waals surface area contributed by atoms with Gasteiger partial charge in [-0.25, -0.2) is 0 Å². The smallest absolute Gasteiger partial charge is 0.226 e. The zero-order valence-corrected chi connectivity index (χ0v) is 7.75. The third-order valence-corrected chi connectivity index (χ3v) is 2.46. The van der Waals surface area contributed by atoms with Crippen LogP contribution < -0.4 is 0 Å². The number of unbranched alkanes of at least 4 members (excludes halogenated alkanes) is 1. The molecule has 1 unspecified atom stereocenters. The van der Waals surface area contributed by atoms with Crippen LogP contribution in [0.25, 0.3) is 0 Å². The number of rotatable bonds is 4. The van der Waals surface area contributed by atoms with Gasteiger partial charge in [0.1, 0.15) is 0 Å². The van der Waals surface area contributed by atoms with Crippen LogP contribution in [-0.2, 0) is 4.79 Å². The van der Waals surface area contributed by atoms with Crippen LogP contribution in [0.4, 0.5) is 0 Å². The van der Waals surface area contributed by atoms with Gasteiger partial charge < -0.3 is 4.90 Å². The Kier molecular flexibility index (Phi) is 3.32. The number of hydrogen-bond acceptors (Lipinski definition) is 1. The van der Waals surface area contributed by atoms with E-state index in [1.165, 1.54) is 12.8 Å². The molecule has 0 aromatic carbocycles. The van der Waals surface area contributed by atoms with Crippen LogP contribution in [0.2, 0.25) is 0 Å². The highest BCUT2D eigenvalue weighted by molar-refractivity contribution is 5.79. The van der Waals surface area contributed by atoms with Crippen molar-refractivity contribution in [1.29, 1.82) is 0 Å². The summed E-state index contributed by atoms with van der Waals surface area (Å²) in [6.07, 6.45) is 6.95. The molecule has 0 bridgehead atoms. The first-order chi connectivity index (χ1) is 5.79.